The molecule has 0 amide bonds. The third kappa shape index (κ3) is 2.94. The lowest BCUT2D eigenvalue weighted by molar-refractivity contribution is 0.724. The minimum atomic E-state index is 0.240. The van der Waals surface area contributed by atoms with E-state index in [-0.39, 0.29) is 6.04 Å². The number of hydrogen-bond acceptors (Lipinski definition) is 3. The van der Waals surface area contributed by atoms with Gasteiger partial charge in [0.15, 0.2) is 0 Å². The van der Waals surface area contributed by atoms with Crippen LogP contribution >= 0.6 is 0 Å². The maximum absolute atomic E-state index is 9.17. The number of hydrogen-bond donors (Lipinski definition) is 1. The van der Waals surface area contributed by atoms with Crippen LogP contribution in [0.15, 0.2) is 30.3 Å². The molecule has 0 aliphatic heterocycles. The fraction of sp³-hybridized carbons (Fsp3) is 0.333. The Morgan fingerprint density at radius 3 is 2.68 bits per heavy atom. The van der Waals surface area contributed by atoms with E-state index in [1.165, 1.54) is 5.56 Å². The molecule has 1 heterocycles. The van der Waals surface area contributed by atoms with Crippen molar-refractivity contribution in [3.63, 3.8) is 0 Å². The number of anilines is 1. The van der Waals surface area contributed by atoms with Crippen molar-refractivity contribution in [1.29, 1.82) is 5.26 Å². The second-order valence-electron chi connectivity index (χ2n) is 4.78. The van der Waals surface area contributed by atoms with Crippen molar-refractivity contribution in [3.05, 3.63) is 47.2 Å². The SMILES string of the molecule is Cc1nn(C)c(NC(C)Cc2ccccc2)c1C#N. The number of aryl methyl sites for hydroxylation is 2. The molecule has 0 fully saturated rings. The molecular formula is C15H18N4. The Bertz CT molecular complexity index is 593. The van der Waals surface area contributed by atoms with Crippen molar-refractivity contribution in [3.8, 4) is 6.07 Å². The van der Waals surface area contributed by atoms with Gasteiger partial charge < -0.3 is 5.32 Å². The zero-order valence-corrected chi connectivity index (χ0v) is 11.5. The third-order valence-corrected chi connectivity index (χ3v) is 3.10. The zero-order valence-electron chi connectivity index (χ0n) is 11.5. The number of benzene rings is 1. The summed E-state index contributed by atoms with van der Waals surface area (Å²) in [6, 6.07) is 12.8. The Balaban J connectivity index is 2.12. The molecule has 0 saturated carbocycles. The zero-order chi connectivity index (χ0) is 13.8. The highest BCUT2D eigenvalue weighted by atomic mass is 15.3. The van der Waals surface area contributed by atoms with Crippen LogP contribution in [0.2, 0.25) is 0 Å². The third-order valence-electron chi connectivity index (χ3n) is 3.10. The minimum absolute atomic E-state index is 0.240. The fourth-order valence-corrected chi connectivity index (χ4v) is 2.21. The summed E-state index contributed by atoms with van der Waals surface area (Å²) < 4.78 is 1.73. The van der Waals surface area contributed by atoms with Gasteiger partial charge in [-0.05, 0) is 25.8 Å². The van der Waals surface area contributed by atoms with Crippen LogP contribution in [0.5, 0.6) is 0 Å². The summed E-state index contributed by atoms with van der Waals surface area (Å²) in [5.41, 5.74) is 2.67. The largest absolute Gasteiger partial charge is 0.366 e. The molecule has 1 unspecified atom stereocenters. The quantitative estimate of drug-likeness (QED) is 0.912. The van der Waals surface area contributed by atoms with E-state index >= 15 is 0 Å². The molecule has 2 aromatic rings. The van der Waals surface area contributed by atoms with Gasteiger partial charge in [-0.3, -0.25) is 4.68 Å². The number of nitriles is 1. The van der Waals surface area contributed by atoms with Gasteiger partial charge in [-0.15, -0.1) is 0 Å². The van der Waals surface area contributed by atoms with Gasteiger partial charge in [0.2, 0.25) is 0 Å². The van der Waals surface area contributed by atoms with Crippen LogP contribution in [0.25, 0.3) is 0 Å². The summed E-state index contributed by atoms with van der Waals surface area (Å²) in [5, 5.41) is 16.8. The molecule has 1 aromatic heterocycles. The van der Waals surface area contributed by atoms with Crippen LogP contribution in [0.4, 0.5) is 5.82 Å². The van der Waals surface area contributed by atoms with Crippen molar-refractivity contribution in [2.45, 2.75) is 26.3 Å². The summed E-state index contributed by atoms with van der Waals surface area (Å²) in [4.78, 5) is 0. The van der Waals surface area contributed by atoms with Crippen LogP contribution in [0.1, 0.15) is 23.7 Å². The molecule has 19 heavy (non-hydrogen) atoms. The molecule has 0 spiro atoms. The smallest absolute Gasteiger partial charge is 0.142 e. The first kappa shape index (κ1) is 13.2. The average Bonchev–Trinajstić information content (AvgIpc) is 2.65. The molecule has 1 aromatic carbocycles. The summed E-state index contributed by atoms with van der Waals surface area (Å²) in [5.74, 6) is 0.795. The molecule has 1 atom stereocenters. The number of nitrogens with zero attached hydrogens (tertiary/aromatic N) is 3. The van der Waals surface area contributed by atoms with Gasteiger partial charge in [-0.1, -0.05) is 30.3 Å². The predicted octanol–water partition coefficient (Wildman–Crippen LogP) is 2.64. The van der Waals surface area contributed by atoms with Gasteiger partial charge in [-0.2, -0.15) is 10.4 Å². The normalized spacial score (nSPS) is 11.9. The molecule has 4 nitrogen and oxygen atoms in total. The Kier molecular flexibility index (Phi) is 3.86. The Morgan fingerprint density at radius 1 is 1.37 bits per heavy atom. The highest BCUT2D eigenvalue weighted by Gasteiger charge is 2.14. The van der Waals surface area contributed by atoms with E-state index in [1.807, 2.05) is 32.2 Å². The van der Waals surface area contributed by atoms with Gasteiger partial charge in [0.25, 0.3) is 0 Å². The van der Waals surface area contributed by atoms with Crippen molar-refractivity contribution in [1.82, 2.24) is 9.78 Å². The summed E-state index contributed by atoms with van der Waals surface area (Å²) >= 11 is 0. The molecule has 0 saturated heterocycles. The van der Waals surface area contributed by atoms with E-state index in [2.05, 4.69) is 35.5 Å². The van der Waals surface area contributed by atoms with Crippen molar-refractivity contribution in [2.75, 3.05) is 5.32 Å². The van der Waals surface area contributed by atoms with Crippen LogP contribution in [-0.4, -0.2) is 15.8 Å². The summed E-state index contributed by atoms with van der Waals surface area (Å²) in [7, 11) is 1.85. The van der Waals surface area contributed by atoms with E-state index < -0.39 is 0 Å². The van der Waals surface area contributed by atoms with Crippen LogP contribution < -0.4 is 5.32 Å². The molecule has 0 aliphatic carbocycles. The lowest BCUT2D eigenvalue weighted by Crippen LogP contribution is -2.20. The van der Waals surface area contributed by atoms with Crippen LogP contribution in [0.3, 0.4) is 0 Å². The summed E-state index contributed by atoms with van der Waals surface area (Å²) in [6.07, 6.45) is 0.913. The molecule has 0 radical (unpaired) electrons. The Labute approximate surface area is 113 Å². The number of rotatable bonds is 4. The van der Waals surface area contributed by atoms with Gasteiger partial charge in [0.1, 0.15) is 17.5 Å². The topological polar surface area (TPSA) is 53.6 Å². The highest BCUT2D eigenvalue weighted by molar-refractivity contribution is 5.55. The predicted molar refractivity (Wildman–Crippen MR) is 75.9 cm³/mol. The number of aromatic nitrogens is 2. The lowest BCUT2D eigenvalue weighted by Gasteiger charge is -2.15. The first-order valence-corrected chi connectivity index (χ1v) is 6.36. The molecule has 98 valence electrons. The van der Waals surface area contributed by atoms with Crippen LogP contribution in [0, 0.1) is 18.3 Å². The number of nitrogens with one attached hydrogen (secondary N) is 1. The van der Waals surface area contributed by atoms with E-state index in [9.17, 15) is 5.26 Å². The van der Waals surface area contributed by atoms with Gasteiger partial charge in [0.05, 0.1) is 5.69 Å². The molecule has 4 heteroatoms. The molecule has 2 rings (SSSR count). The Hall–Kier alpha value is -2.28. The van der Waals surface area contributed by atoms with E-state index in [1.54, 1.807) is 4.68 Å². The van der Waals surface area contributed by atoms with Crippen molar-refractivity contribution >= 4 is 5.82 Å². The lowest BCUT2D eigenvalue weighted by atomic mass is 10.1. The first-order valence-electron chi connectivity index (χ1n) is 6.36. The maximum Gasteiger partial charge on any atom is 0.142 e. The fourth-order valence-electron chi connectivity index (χ4n) is 2.21. The van der Waals surface area contributed by atoms with Crippen molar-refractivity contribution < 1.29 is 0 Å². The Morgan fingerprint density at radius 2 is 2.05 bits per heavy atom. The first-order chi connectivity index (χ1) is 9.11. The summed E-state index contributed by atoms with van der Waals surface area (Å²) in [6.45, 7) is 3.96. The van der Waals surface area contributed by atoms with Crippen LogP contribution in [-0.2, 0) is 13.5 Å². The second kappa shape index (κ2) is 5.57. The highest BCUT2D eigenvalue weighted by Crippen LogP contribution is 2.19. The van der Waals surface area contributed by atoms with E-state index in [0.29, 0.717) is 5.56 Å². The van der Waals surface area contributed by atoms with Gasteiger partial charge in [-0.25, -0.2) is 0 Å². The molecule has 0 aliphatic rings. The maximum atomic E-state index is 9.17. The molecular weight excluding hydrogens is 236 g/mol. The minimum Gasteiger partial charge on any atom is -0.366 e. The van der Waals surface area contributed by atoms with Gasteiger partial charge >= 0.3 is 0 Å². The standard InChI is InChI=1S/C15H18N4/c1-11(9-13-7-5-4-6-8-13)17-15-14(10-16)12(2)18-19(15)3/h4-8,11,17H,9H2,1-3H3. The van der Waals surface area contributed by atoms with E-state index in [4.69, 9.17) is 0 Å². The average molecular weight is 254 g/mol. The van der Waals surface area contributed by atoms with Gasteiger partial charge in [0, 0.05) is 13.1 Å². The molecule has 1 N–H and O–H groups in total. The monoisotopic (exact) mass is 254 g/mol. The second-order valence-corrected chi connectivity index (χ2v) is 4.78. The van der Waals surface area contributed by atoms with E-state index in [0.717, 1.165) is 17.9 Å². The molecule has 0 bridgehead atoms. The van der Waals surface area contributed by atoms with Crippen molar-refractivity contribution in [2.24, 2.45) is 7.05 Å².